The van der Waals surface area contributed by atoms with Gasteiger partial charge in [-0.1, -0.05) is 35.9 Å². The highest BCUT2D eigenvalue weighted by Gasteiger charge is 2.30. The number of para-hydroxylation sites is 2. The Morgan fingerprint density at radius 1 is 0.975 bits per heavy atom. The molecule has 1 aliphatic carbocycles. The summed E-state index contributed by atoms with van der Waals surface area (Å²) in [6, 6.07) is 15.2. The van der Waals surface area contributed by atoms with E-state index in [4.69, 9.17) is 27.3 Å². The topological polar surface area (TPSA) is 114 Å². The summed E-state index contributed by atoms with van der Waals surface area (Å²) in [7, 11) is 0. The van der Waals surface area contributed by atoms with Gasteiger partial charge in [0.05, 0.1) is 16.9 Å². The number of nitrogens with two attached hydrogens (primary N) is 1. The average molecular weight is 563 g/mol. The quantitative estimate of drug-likeness (QED) is 0.266. The van der Waals surface area contributed by atoms with Crippen LogP contribution in [0.15, 0.2) is 54.7 Å². The van der Waals surface area contributed by atoms with E-state index in [2.05, 4.69) is 44.8 Å². The van der Waals surface area contributed by atoms with Gasteiger partial charge in [-0.15, -0.1) is 0 Å². The Bertz CT molecular complexity index is 1480. The van der Waals surface area contributed by atoms with Crippen molar-refractivity contribution in [2.45, 2.75) is 50.6 Å². The van der Waals surface area contributed by atoms with Crippen molar-refractivity contribution in [2.24, 2.45) is 11.7 Å². The fourth-order valence-electron chi connectivity index (χ4n) is 5.85. The Kier molecular flexibility index (Phi) is 7.42. The Morgan fingerprint density at radius 3 is 2.42 bits per heavy atom. The highest BCUT2D eigenvalue weighted by molar-refractivity contribution is 6.33. The Balaban J connectivity index is 1.26. The molecule has 1 aliphatic heterocycles. The predicted octanol–water partition coefficient (Wildman–Crippen LogP) is 5.66. The van der Waals surface area contributed by atoms with E-state index in [9.17, 15) is 9.18 Å². The second kappa shape index (κ2) is 11.3. The number of nitrogens with zero attached hydrogens (tertiary/aromatic N) is 5. The monoisotopic (exact) mass is 562 g/mol. The molecule has 2 fully saturated rings. The van der Waals surface area contributed by atoms with Crippen LogP contribution in [-0.4, -0.2) is 44.6 Å². The molecule has 0 spiro atoms. The van der Waals surface area contributed by atoms with Crippen molar-refractivity contribution in [3.05, 3.63) is 65.6 Å². The van der Waals surface area contributed by atoms with Crippen molar-refractivity contribution in [1.82, 2.24) is 19.5 Å². The Morgan fingerprint density at radius 2 is 1.73 bits per heavy atom. The molecular weight excluding hydrogens is 531 g/mol. The first-order valence-electron chi connectivity index (χ1n) is 13.8. The van der Waals surface area contributed by atoms with Gasteiger partial charge in [-0.05, 0) is 62.8 Å². The van der Waals surface area contributed by atoms with E-state index in [1.54, 1.807) is 18.3 Å². The second-order valence-electron chi connectivity index (χ2n) is 10.6. The first-order chi connectivity index (χ1) is 19.5. The van der Waals surface area contributed by atoms with Gasteiger partial charge in [0, 0.05) is 36.8 Å². The number of anilines is 4. The number of fused-ring (bicyclic) bond motifs is 1. The number of benzene rings is 2. The molecule has 1 saturated heterocycles. The zero-order chi connectivity index (χ0) is 27.6. The molecule has 208 valence electrons. The third kappa shape index (κ3) is 5.40. The van der Waals surface area contributed by atoms with E-state index in [0.29, 0.717) is 35.9 Å². The molecule has 11 heteroatoms. The number of carbonyl (C=O) groups excluding carboxylic acids is 1. The van der Waals surface area contributed by atoms with Gasteiger partial charge in [0.1, 0.15) is 11.3 Å². The highest BCUT2D eigenvalue weighted by Crippen LogP contribution is 2.38. The molecule has 2 aliphatic rings. The number of nitrogens with one attached hydrogen (secondary N) is 2. The van der Waals surface area contributed by atoms with Crippen molar-refractivity contribution < 1.29 is 9.18 Å². The summed E-state index contributed by atoms with van der Waals surface area (Å²) in [6.07, 6.45) is 6.43. The number of amides is 1. The first kappa shape index (κ1) is 26.3. The van der Waals surface area contributed by atoms with Crippen LogP contribution in [0, 0.1) is 11.7 Å². The summed E-state index contributed by atoms with van der Waals surface area (Å²) < 4.78 is 16.7. The molecule has 0 unspecified atom stereocenters. The smallest absolute Gasteiger partial charge is 0.224 e. The molecule has 9 nitrogen and oxygen atoms in total. The fourth-order valence-corrected chi connectivity index (χ4v) is 6.06. The fraction of sp³-hybridized carbons (Fsp3) is 0.379. The lowest BCUT2D eigenvalue weighted by atomic mass is 9.85. The average Bonchev–Trinajstić information content (AvgIpc) is 3.33. The lowest BCUT2D eigenvalue weighted by Gasteiger charge is -2.34. The number of piperidine rings is 1. The van der Waals surface area contributed by atoms with Crippen molar-refractivity contribution in [1.29, 1.82) is 0 Å². The van der Waals surface area contributed by atoms with E-state index in [1.807, 2.05) is 10.6 Å². The van der Waals surface area contributed by atoms with Crippen LogP contribution in [0.5, 0.6) is 0 Å². The number of hydrogen-bond donors (Lipinski definition) is 3. The van der Waals surface area contributed by atoms with Gasteiger partial charge in [0.15, 0.2) is 5.65 Å². The minimum atomic E-state index is -0.473. The number of hydrogen-bond acceptors (Lipinski definition) is 7. The minimum absolute atomic E-state index is 0.00510. The summed E-state index contributed by atoms with van der Waals surface area (Å²) in [5.41, 5.74) is 8.22. The second-order valence-corrected chi connectivity index (χ2v) is 11.0. The number of carbonyl (C=O) groups is 1. The SMILES string of the molecule is NC(=O)C1CCC(n2c(Nc3c(F)cccc3Cl)nc3cnc(NC4CCN(c5ccccc5)CC4)nc32)CC1. The highest BCUT2D eigenvalue weighted by atomic mass is 35.5. The molecule has 3 heterocycles. The van der Waals surface area contributed by atoms with Crippen LogP contribution in [-0.2, 0) is 4.79 Å². The van der Waals surface area contributed by atoms with Gasteiger partial charge in [0.25, 0.3) is 0 Å². The van der Waals surface area contributed by atoms with E-state index in [0.717, 1.165) is 38.8 Å². The number of halogens is 2. The molecule has 40 heavy (non-hydrogen) atoms. The lowest BCUT2D eigenvalue weighted by Crippen LogP contribution is -2.39. The van der Waals surface area contributed by atoms with Gasteiger partial charge in [-0.25, -0.2) is 14.4 Å². The van der Waals surface area contributed by atoms with Gasteiger partial charge in [0.2, 0.25) is 17.8 Å². The maximum Gasteiger partial charge on any atom is 0.224 e. The van der Waals surface area contributed by atoms with Gasteiger partial charge in [-0.2, -0.15) is 4.98 Å². The summed E-state index contributed by atoms with van der Waals surface area (Å²) >= 11 is 6.32. The summed E-state index contributed by atoms with van der Waals surface area (Å²) in [5.74, 6) is 0.0914. The van der Waals surface area contributed by atoms with E-state index >= 15 is 0 Å². The maximum atomic E-state index is 14.7. The van der Waals surface area contributed by atoms with E-state index < -0.39 is 5.82 Å². The van der Waals surface area contributed by atoms with Gasteiger partial charge in [-0.3, -0.25) is 9.36 Å². The molecule has 1 saturated carbocycles. The van der Waals surface area contributed by atoms with Crippen LogP contribution in [0.25, 0.3) is 11.2 Å². The minimum Gasteiger partial charge on any atom is -0.371 e. The molecule has 0 bridgehead atoms. The summed E-state index contributed by atoms with van der Waals surface area (Å²) in [6.45, 7) is 1.89. The third-order valence-corrected chi connectivity index (χ3v) is 8.36. The molecule has 6 rings (SSSR count). The third-order valence-electron chi connectivity index (χ3n) is 8.05. The van der Waals surface area contributed by atoms with Crippen molar-refractivity contribution in [2.75, 3.05) is 28.6 Å². The number of imidazole rings is 1. The van der Waals surface area contributed by atoms with E-state index in [1.165, 1.54) is 11.8 Å². The van der Waals surface area contributed by atoms with Crippen molar-refractivity contribution in [3.63, 3.8) is 0 Å². The zero-order valence-electron chi connectivity index (χ0n) is 22.1. The largest absolute Gasteiger partial charge is 0.371 e. The molecular formula is C29H32ClFN8O. The van der Waals surface area contributed by atoms with Crippen LogP contribution >= 0.6 is 11.6 Å². The van der Waals surface area contributed by atoms with Crippen LogP contribution in [0.2, 0.25) is 5.02 Å². The van der Waals surface area contributed by atoms with Gasteiger partial charge >= 0.3 is 0 Å². The maximum absolute atomic E-state index is 14.7. The normalized spacial score (nSPS) is 20.0. The van der Waals surface area contributed by atoms with Crippen molar-refractivity contribution in [3.8, 4) is 0 Å². The Labute approximate surface area is 237 Å². The van der Waals surface area contributed by atoms with Crippen LogP contribution < -0.4 is 21.3 Å². The molecule has 2 aromatic heterocycles. The standard InChI is InChI=1S/C29H32ClFN8O/c30-22-7-4-8-23(31)25(22)36-29-35-24-17-33-28(34-19-13-15-38(16-14-19)20-5-2-1-3-6-20)37-27(24)39(29)21-11-9-18(10-12-21)26(32)40/h1-8,17-19,21H,9-16H2,(H2,32,40)(H,35,36)(H,33,34,37). The van der Waals surface area contributed by atoms with Crippen LogP contribution in [0.4, 0.5) is 27.7 Å². The summed E-state index contributed by atoms with van der Waals surface area (Å²) in [5, 5.41) is 6.89. The predicted molar refractivity (Wildman–Crippen MR) is 156 cm³/mol. The number of primary amides is 1. The lowest BCUT2D eigenvalue weighted by molar-refractivity contribution is -0.122. The molecule has 1 amide bonds. The van der Waals surface area contributed by atoms with Crippen LogP contribution in [0.3, 0.4) is 0 Å². The van der Waals surface area contributed by atoms with Gasteiger partial charge < -0.3 is 21.3 Å². The molecule has 0 atom stereocenters. The molecule has 4 N–H and O–H groups in total. The van der Waals surface area contributed by atoms with Crippen molar-refractivity contribution >= 4 is 51.9 Å². The first-order valence-corrected chi connectivity index (χ1v) is 14.2. The van der Waals surface area contributed by atoms with E-state index in [-0.39, 0.29) is 34.6 Å². The molecule has 0 radical (unpaired) electrons. The number of aromatic nitrogens is 4. The molecule has 4 aromatic rings. The Hall–Kier alpha value is -3.92. The zero-order valence-corrected chi connectivity index (χ0v) is 22.8. The number of rotatable bonds is 7. The molecule has 2 aromatic carbocycles. The summed E-state index contributed by atoms with van der Waals surface area (Å²) in [4.78, 5) is 28.3. The van der Waals surface area contributed by atoms with Crippen LogP contribution in [0.1, 0.15) is 44.6 Å².